The van der Waals surface area contributed by atoms with Gasteiger partial charge in [-0.15, -0.1) is 0 Å². The Bertz CT molecular complexity index is 369. The van der Waals surface area contributed by atoms with Crippen LogP contribution in [0.25, 0.3) is 0 Å². The van der Waals surface area contributed by atoms with Crippen molar-refractivity contribution in [2.24, 2.45) is 5.73 Å². The second-order valence-corrected chi connectivity index (χ2v) is 4.00. The van der Waals surface area contributed by atoms with E-state index in [9.17, 15) is 4.79 Å². The van der Waals surface area contributed by atoms with Gasteiger partial charge in [-0.05, 0) is 24.5 Å². The summed E-state index contributed by atoms with van der Waals surface area (Å²) in [6.07, 6.45) is 1.24. The molecule has 0 atom stereocenters. The maximum atomic E-state index is 11.8. The van der Waals surface area contributed by atoms with Crippen LogP contribution < -0.4 is 11.1 Å². The van der Waals surface area contributed by atoms with Crippen molar-refractivity contribution in [1.29, 1.82) is 0 Å². The highest BCUT2D eigenvalue weighted by Crippen LogP contribution is 2.21. The summed E-state index contributed by atoms with van der Waals surface area (Å²) >= 11 is 0. The van der Waals surface area contributed by atoms with Gasteiger partial charge in [-0.1, -0.05) is 25.1 Å². The third kappa shape index (κ3) is 4.13. The molecule has 0 heterocycles. The standard InChI is InChI=1S/C14H22N2O2/c1-3-11-6-5-7-12(10-15)14(11)16-13(17)8-9-18-4-2/h5-7H,3-4,8-10,15H2,1-2H3,(H,16,17). The molecule has 0 aliphatic carbocycles. The van der Waals surface area contributed by atoms with Crippen LogP contribution in [0.5, 0.6) is 0 Å². The number of rotatable bonds is 7. The van der Waals surface area contributed by atoms with E-state index in [-0.39, 0.29) is 5.91 Å². The van der Waals surface area contributed by atoms with Crippen LogP contribution in [-0.2, 0) is 22.5 Å². The first-order chi connectivity index (χ1) is 8.72. The van der Waals surface area contributed by atoms with Gasteiger partial charge in [-0.25, -0.2) is 0 Å². The number of aryl methyl sites for hydroxylation is 1. The highest BCUT2D eigenvalue weighted by Gasteiger charge is 2.09. The Balaban J connectivity index is 2.72. The van der Waals surface area contributed by atoms with E-state index >= 15 is 0 Å². The number of carbonyl (C=O) groups excluding carboxylic acids is 1. The van der Waals surface area contributed by atoms with E-state index in [2.05, 4.69) is 12.2 Å². The summed E-state index contributed by atoms with van der Waals surface area (Å²) in [6, 6.07) is 5.92. The summed E-state index contributed by atoms with van der Waals surface area (Å²) in [4.78, 5) is 11.8. The topological polar surface area (TPSA) is 64.3 Å². The molecule has 0 saturated carbocycles. The van der Waals surface area contributed by atoms with Gasteiger partial charge in [-0.2, -0.15) is 0 Å². The monoisotopic (exact) mass is 250 g/mol. The average Bonchev–Trinajstić information content (AvgIpc) is 2.39. The molecule has 0 radical (unpaired) electrons. The van der Waals surface area contributed by atoms with E-state index in [0.29, 0.717) is 26.2 Å². The fourth-order valence-electron chi connectivity index (χ4n) is 1.79. The average molecular weight is 250 g/mol. The predicted molar refractivity (Wildman–Crippen MR) is 73.5 cm³/mol. The molecule has 1 aromatic carbocycles. The van der Waals surface area contributed by atoms with E-state index in [1.54, 1.807) is 0 Å². The van der Waals surface area contributed by atoms with Gasteiger partial charge in [-0.3, -0.25) is 4.79 Å². The third-order valence-electron chi connectivity index (χ3n) is 2.78. The Labute approximate surface area is 109 Å². The zero-order valence-corrected chi connectivity index (χ0v) is 11.2. The molecule has 1 rings (SSSR count). The molecule has 4 heteroatoms. The molecule has 0 aliphatic heterocycles. The molecule has 0 fully saturated rings. The number of carbonyl (C=O) groups is 1. The first-order valence-corrected chi connectivity index (χ1v) is 6.41. The molecule has 18 heavy (non-hydrogen) atoms. The van der Waals surface area contributed by atoms with Crippen molar-refractivity contribution < 1.29 is 9.53 Å². The number of amides is 1. The Morgan fingerprint density at radius 3 is 2.67 bits per heavy atom. The van der Waals surface area contributed by atoms with E-state index in [4.69, 9.17) is 10.5 Å². The van der Waals surface area contributed by atoms with Gasteiger partial charge in [0.2, 0.25) is 5.91 Å². The maximum absolute atomic E-state index is 11.8. The van der Waals surface area contributed by atoms with Crippen LogP contribution >= 0.6 is 0 Å². The minimum Gasteiger partial charge on any atom is -0.381 e. The quantitative estimate of drug-likeness (QED) is 0.728. The van der Waals surface area contributed by atoms with E-state index in [1.165, 1.54) is 0 Å². The van der Waals surface area contributed by atoms with Crippen molar-refractivity contribution in [3.8, 4) is 0 Å². The summed E-state index contributed by atoms with van der Waals surface area (Å²) in [7, 11) is 0. The van der Waals surface area contributed by atoms with Gasteiger partial charge in [0.15, 0.2) is 0 Å². The molecule has 3 N–H and O–H groups in total. The highest BCUT2D eigenvalue weighted by molar-refractivity contribution is 5.92. The van der Waals surface area contributed by atoms with Crippen LogP contribution in [0.4, 0.5) is 5.69 Å². The lowest BCUT2D eigenvalue weighted by Gasteiger charge is -2.14. The molecular weight excluding hydrogens is 228 g/mol. The molecule has 4 nitrogen and oxygen atoms in total. The smallest absolute Gasteiger partial charge is 0.226 e. The van der Waals surface area contributed by atoms with Crippen molar-refractivity contribution >= 4 is 11.6 Å². The fraction of sp³-hybridized carbons (Fsp3) is 0.500. The number of para-hydroxylation sites is 1. The molecule has 0 saturated heterocycles. The summed E-state index contributed by atoms with van der Waals surface area (Å²) in [6.45, 7) is 5.48. The Morgan fingerprint density at radius 1 is 1.33 bits per heavy atom. The fourth-order valence-corrected chi connectivity index (χ4v) is 1.79. The first-order valence-electron chi connectivity index (χ1n) is 6.41. The van der Waals surface area contributed by atoms with Crippen LogP contribution in [0.3, 0.4) is 0 Å². The van der Waals surface area contributed by atoms with Crippen LogP contribution in [0.2, 0.25) is 0 Å². The van der Waals surface area contributed by atoms with Crippen LogP contribution in [0, 0.1) is 0 Å². The SMILES string of the molecule is CCOCCC(=O)Nc1c(CC)cccc1CN. The summed E-state index contributed by atoms with van der Waals surface area (Å²) in [5.41, 5.74) is 8.65. The van der Waals surface area contributed by atoms with Gasteiger partial charge in [0.05, 0.1) is 13.0 Å². The lowest BCUT2D eigenvalue weighted by molar-refractivity contribution is -0.117. The molecule has 0 spiro atoms. The number of ether oxygens (including phenoxy) is 1. The van der Waals surface area contributed by atoms with Crippen molar-refractivity contribution in [3.63, 3.8) is 0 Å². The first kappa shape index (κ1) is 14.7. The number of hydrogen-bond acceptors (Lipinski definition) is 3. The minimum absolute atomic E-state index is 0.0287. The maximum Gasteiger partial charge on any atom is 0.226 e. The molecule has 0 aromatic heterocycles. The number of benzene rings is 1. The molecule has 0 aliphatic rings. The molecular formula is C14H22N2O2. The molecule has 1 aromatic rings. The van der Waals surface area contributed by atoms with Gasteiger partial charge >= 0.3 is 0 Å². The predicted octanol–water partition coefficient (Wildman–Crippen LogP) is 2.07. The van der Waals surface area contributed by atoms with Crippen LogP contribution in [-0.4, -0.2) is 19.1 Å². The van der Waals surface area contributed by atoms with Crippen molar-refractivity contribution in [2.75, 3.05) is 18.5 Å². The summed E-state index contributed by atoms with van der Waals surface area (Å²) in [5.74, 6) is -0.0287. The Morgan fingerprint density at radius 2 is 2.06 bits per heavy atom. The molecule has 0 bridgehead atoms. The van der Waals surface area contributed by atoms with E-state index in [1.807, 2.05) is 25.1 Å². The number of nitrogens with one attached hydrogen (secondary N) is 1. The van der Waals surface area contributed by atoms with Crippen molar-refractivity contribution in [1.82, 2.24) is 0 Å². The van der Waals surface area contributed by atoms with E-state index < -0.39 is 0 Å². The normalized spacial score (nSPS) is 10.4. The van der Waals surface area contributed by atoms with Crippen molar-refractivity contribution in [2.45, 2.75) is 33.2 Å². The molecule has 1 amide bonds. The third-order valence-corrected chi connectivity index (χ3v) is 2.78. The van der Waals surface area contributed by atoms with E-state index in [0.717, 1.165) is 23.2 Å². The Hall–Kier alpha value is -1.39. The number of anilines is 1. The van der Waals surface area contributed by atoms with Crippen molar-refractivity contribution in [3.05, 3.63) is 29.3 Å². The van der Waals surface area contributed by atoms with Gasteiger partial charge < -0.3 is 15.8 Å². The highest BCUT2D eigenvalue weighted by atomic mass is 16.5. The van der Waals surface area contributed by atoms with Gasteiger partial charge in [0, 0.05) is 18.8 Å². The van der Waals surface area contributed by atoms with Crippen LogP contribution in [0.1, 0.15) is 31.4 Å². The Kier molecular flexibility index (Phi) is 6.39. The summed E-state index contributed by atoms with van der Waals surface area (Å²) < 4.78 is 5.17. The summed E-state index contributed by atoms with van der Waals surface area (Å²) in [5, 5.41) is 2.94. The lowest BCUT2D eigenvalue weighted by Crippen LogP contribution is -2.17. The minimum atomic E-state index is -0.0287. The zero-order chi connectivity index (χ0) is 13.4. The van der Waals surface area contributed by atoms with Crippen LogP contribution in [0.15, 0.2) is 18.2 Å². The zero-order valence-electron chi connectivity index (χ0n) is 11.2. The second-order valence-electron chi connectivity index (χ2n) is 4.00. The molecule has 100 valence electrons. The van der Waals surface area contributed by atoms with Gasteiger partial charge in [0.25, 0.3) is 0 Å². The number of hydrogen-bond donors (Lipinski definition) is 2. The molecule has 0 unspecified atom stereocenters. The lowest BCUT2D eigenvalue weighted by atomic mass is 10.0. The number of nitrogens with two attached hydrogens (primary N) is 1. The van der Waals surface area contributed by atoms with Gasteiger partial charge in [0.1, 0.15) is 0 Å². The largest absolute Gasteiger partial charge is 0.381 e. The second kappa shape index (κ2) is 7.84.